The first kappa shape index (κ1) is 18.0. The van der Waals surface area contributed by atoms with Crippen molar-refractivity contribution in [3.05, 3.63) is 35.9 Å². The van der Waals surface area contributed by atoms with Crippen molar-refractivity contribution in [2.45, 2.75) is 44.6 Å². The molecule has 0 bridgehead atoms. The lowest BCUT2D eigenvalue weighted by atomic mass is 9.87. The average molecular weight is 356 g/mol. The highest BCUT2D eigenvalue weighted by Crippen LogP contribution is 2.26. The van der Waals surface area contributed by atoms with Crippen molar-refractivity contribution in [3.63, 3.8) is 0 Å². The summed E-state index contributed by atoms with van der Waals surface area (Å²) in [6.07, 6.45) is 7.18. The fourth-order valence-corrected chi connectivity index (χ4v) is 4.62. The monoisotopic (exact) mass is 355 g/mol. The van der Waals surface area contributed by atoms with E-state index in [0.717, 1.165) is 32.5 Å². The van der Waals surface area contributed by atoms with E-state index in [1.165, 1.54) is 50.9 Å². The summed E-state index contributed by atoms with van der Waals surface area (Å²) in [6.45, 7) is 6.82. The van der Waals surface area contributed by atoms with Gasteiger partial charge in [0.05, 0.1) is 5.92 Å². The summed E-state index contributed by atoms with van der Waals surface area (Å²) in [7, 11) is 0. The first-order chi connectivity index (χ1) is 12.8. The summed E-state index contributed by atoms with van der Waals surface area (Å²) in [6, 6.07) is 11.2. The summed E-state index contributed by atoms with van der Waals surface area (Å²) >= 11 is 0. The molecule has 1 aromatic rings. The molecule has 4 nitrogen and oxygen atoms in total. The smallest absolute Gasteiger partial charge is 0.224 e. The standard InChI is InChI=1S/C22H33N3O/c26-22(23-21-8-9-21)20-14-19(15-24-11-4-5-12-24)16-25(17-20)13-10-18-6-2-1-3-7-18/h1-3,6-7,19-21H,4-5,8-17H2,(H,23,26)/t19-,20-/m1/s1. The van der Waals surface area contributed by atoms with Crippen LogP contribution in [0, 0.1) is 11.8 Å². The van der Waals surface area contributed by atoms with Gasteiger partial charge in [-0.25, -0.2) is 0 Å². The molecule has 2 atom stereocenters. The maximum atomic E-state index is 12.7. The Balaban J connectivity index is 1.35. The topological polar surface area (TPSA) is 35.6 Å². The number of nitrogens with one attached hydrogen (secondary N) is 1. The second-order valence-electron chi connectivity index (χ2n) is 8.58. The summed E-state index contributed by atoms with van der Waals surface area (Å²) in [5.41, 5.74) is 1.40. The molecule has 0 unspecified atom stereocenters. The fraction of sp³-hybridized carbons (Fsp3) is 0.682. The van der Waals surface area contributed by atoms with E-state index < -0.39 is 0 Å². The molecule has 2 saturated heterocycles. The van der Waals surface area contributed by atoms with Gasteiger partial charge in [-0.2, -0.15) is 0 Å². The molecule has 4 rings (SSSR count). The van der Waals surface area contributed by atoms with Crippen molar-refractivity contribution in [2.24, 2.45) is 11.8 Å². The Labute approximate surface area is 157 Å². The van der Waals surface area contributed by atoms with Crippen LogP contribution < -0.4 is 5.32 Å². The number of carbonyl (C=O) groups is 1. The van der Waals surface area contributed by atoms with Crippen LogP contribution in [0.2, 0.25) is 0 Å². The highest BCUT2D eigenvalue weighted by molar-refractivity contribution is 5.79. The largest absolute Gasteiger partial charge is 0.353 e. The van der Waals surface area contributed by atoms with Crippen molar-refractivity contribution in [1.29, 1.82) is 0 Å². The van der Waals surface area contributed by atoms with Gasteiger partial charge in [0.15, 0.2) is 0 Å². The first-order valence-electron chi connectivity index (χ1n) is 10.6. The number of piperidine rings is 1. The van der Waals surface area contributed by atoms with Gasteiger partial charge in [-0.05, 0) is 63.1 Å². The second kappa shape index (κ2) is 8.53. The molecule has 1 saturated carbocycles. The number of nitrogens with zero attached hydrogens (tertiary/aromatic N) is 2. The van der Waals surface area contributed by atoms with Gasteiger partial charge >= 0.3 is 0 Å². The maximum Gasteiger partial charge on any atom is 0.224 e. The van der Waals surface area contributed by atoms with Gasteiger partial charge in [-0.3, -0.25) is 4.79 Å². The summed E-state index contributed by atoms with van der Waals surface area (Å²) in [5, 5.41) is 3.25. The second-order valence-corrected chi connectivity index (χ2v) is 8.58. The lowest BCUT2D eigenvalue weighted by Crippen LogP contribution is -2.49. The quantitative estimate of drug-likeness (QED) is 0.816. The Morgan fingerprint density at radius 3 is 2.54 bits per heavy atom. The van der Waals surface area contributed by atoms with Gasteiger partial charge < -0.3 is 15.1 Å². The minimum Gasteiger partial charge on any atom is -0.353 e. The molecule has 1 N–H and O–H groups in total. The predicted molar refractivity (Wildman–Crippen MR) is 105 cm³/mol. The summed E-state index contributed by atoms with van der Waals surface area (Å²) in [5.74, 6) is 1.11. The molecule has 142 valence electrons. The SMILES string of the molecule is O=C(NC1CC1)[C@@H]1C[C@H](CN2CCCC2)CN(CCc2ccccc2)C1. The molecule has 4 heteroatoms. The van der Waals surface area contributed by atoms with E-state index in [9.17, 15) is 4.79 Å². The predicted octanol–water partition coefficient (Wildman–Crippen LogP) is 2.54. The third kappa shape index (κ3) is 5.08. The van der Waals surface area contributed by atoms with Crippen LogP contribution in [0.5, 0.6) is 0 Å². The van der Waals surface area contributed by atoms with Crippen LogP contribution in [0.3, 0.4) is 0 Å². The third-order valence-corrected chi connectivity index (χ3v) is 6.18. The zero-order valence-corrected chi connectivity index (χ0v) is 15.9. The molecular weight excluding hydrogens is 322 g/mol. The minimum absolute atomic E-state index is 0.174. The van der Waals surface area contributed by atoms with Crippen LogP contribution in [-0.4, -0.2) is 61.0 Å². The Morgan fingerprint density at radius 2 is 1.81 bits per heavy atom. The van der Waals surface area contributed by atoms with E-state index in [0.29, 0.717) is 17.9 Å². The molecule has 3 aliphatic rings. The number of benzene rings is 1. The molecule has 1 aromatic carbocycles. The lowest BCUT2D eigenvalue weighted by molar-refractivity contribution is -0.127. The molecule has 0 spiro atoms. The Bertz CT molecular complexity index is 580. The average Bonchev–Trinajstić information content (AvgIpc) is 3.33. The highest BCUT2D eigenvalue weighted by Gasteiger charge is 2.34. The Kier molecular flexibility index (Phi) is 5.91. The fourth-order valence-electron chi connectivity index (χ4n) is 4.62. The van der Waals surface area contributed by atoms with Gasteiger partial charge in [0.25, 0.3) is 0 Å². The van der Waals surface area contributed by atoms with Crippen LogP contribution >= 0.6 is 0 Å². The normalized spacial score (nSPS) is 27.5. The number of rotatable bonds is 7. The maximum absolute atomic E-state index is 12.7. The molecule has 3 fully saturated rings. The number of likely N-dealkylation sites (tertiary alicyclic amines) is 2. The van der Waals surface area contributed by atoms with E-state index in [1.807, 2.05) is 0 Å². The van der Waals surface area contributed by atoms with Crippen molar-refractivity contribution in [1.82, 2.24) is 15.1 Å². The number of hydrogen-bond donors (Lipinski definition) is 1. The van der Waals surface area contributed by atoms with Crippen LogP contribution in [-0.2, 0) is 11.2 Å². The number of carbonyl (C=O) groups excluding carboxylic acids is 1. The number of hydrogen-bond acceptors (Lipinski definition) is 3. The van der Waals surface area contributed by atoms with E-state index >= 15 is 0 Å². The van der Waals surface area contributed by atoms with E-state index in [-0.39, 0.29) is 5.92 Å². The number of amides is 1. The lowest BCUT2D eigenvalue weighted by Gasteiger charge is -2.38. The first-order valence-corrected chi connectivity index (χ1v) is 10.6. The molecule has 0 aromatic heterocycles. The van der Waals surface area contributed by atoms with Crippen LogP contribution in [0.1, 0.15) is 37.7 Å². The van der Waals surface area contributed by atoms with Crippen molar-refractivity contribution < 1.29 is 4.79 Å². The Morgan fingerprint density at radius 1 is 1.04 bits per heavy atom. The molecule has 2 aliphatic heterocycles. The molecule has 1 amide bonds. The molecule has 0 radical (unpaired) electrons. The molecule has 1 aliphatic carbocycles. The van der Waals surface area contributed by atoms with Crippen LogP contribution in [0.25, 0.3) is 0 Å². The van der Waals surface area contributed by atoms with Gasteiger partial charge in [0, 0.05) is 32.2 Å². The summed E-state index contributed by atoms with van der Waals surface area (Å²) in [4.78, 5) is 17.9. The zero-order valence-electron chi connectivity index (χ0n) is 15.9. The zero-order chi connectivity index (χ0) is 17.8. The van der Waals surface area contributed by atoms with E-state index in [2.05, 4.69) is 45.4 Å². The van der Waals surface area contributed by atoms with Gasteiger partial charge in [0.2, 0.25) is 5.91 Å². The van der Waals surface area contributed by atoms with Crippen molar-refractivity contribution in [3.8, 4) is 0 Å². The van der Waals surface area contributed by atoms with Crippen LogP contribution in [0.15, 0.2) is 30.3 Å². The van der Waals surface area contributed by atoms with Crippen molar-refractivity contribution in [2.75, 3.05) is 39.3 Å². The van der Waals surface area contributed by atoms with Crippen molar-refractivity contribution >= 4 is 5.91 Å². The summed E-state index contributed by atoms with van der Waals surface area (Å²) < 4.78 is 0. The van der Waals surface area contributed by atoms with E-state index in [1.54, 1.807) is 0 Å². The van der Waals surface area contributed by atoms with Gasteiger partial charge in [0.1, 0.15) is 0 Å². The van der Waals surface area contributed by atoms with Gasteiger partial charge in [-0.1, -0.05) is 30.3 Å². The molecule has 26 heavy (non-hydrogen) atoms. The highest BCUT2D eigenvalue weighted by atomic mass is 16.2. The van der Waals surface area contributed by atoms with Crippen LogP contribution in [0.4, 0.5) is 0 Å². The van der Waals surface area contributed by atoms with E-state index in [4.69, 9.17) is 0 Å². The Hall–Kier alpha value is -1.39. The minimum atomic E-state index is 0.174. The molecule has 2 heterocycles. The molecular formula is C22H33N3O. The van der Waals surface area contributed by atoms with Gasteiger partial charge in [-0.15, -0.1) is 0 Å². The third-order valence-electron chi connectivity index (χ3n) is 6.18.